The van der Waals surface area contributed by atoms with Crippen molar-refractivity contribution in [1.82, 2.24) is 10.2 Å². The van der Waals surface area contributed by atoms with E-state index in [1.807, 2.05) is 54.6 Å². The van der Waals surface area contributed by atoms with Gasteiger partial charge in [-0.05, 0) is 17.7 Å². The molecular weight excluding hydrogens is 344 g/mol. The Morgan fingerprint density at radius 1 is 1.04 bits per heavy atom. The number of carbonyl (C=O) groups is 1. The van der Waals surface area contributed by atoms with Gasteiger partial charge >= 0.3 is 0 Å². The summed E-state index contributed by atoms with van der Waals surface area (Å²) in [6, 6.07) is 17.3. The van der Waals surface area contributed by atoms with Crippen molar-refractivity contribution < 1.29 is 19.0 Å². The summed E-state index contributed by atoms with van der Waals surface area (Å²) in [6.07, 6.45) is -0.657. The number of amides is 1. The molecule has 2 heterocycles. The number of rotatable bonds is 5. The lowest BCUT2D eigenvalue weighted by molar-refractivity contribution is -0.131. The highest BCUT2D eigenvalue weighted by atomic mass is 16.6. The SMILES string of the molecule is O=C(NC(CN1CCOCC1)c1ccccc1)C1COc2ccccc2O1. The van der Waals surface area contributed by atoms with Crippen molar-refractivity contribution in [1.29, 1.82) is 0 Å². The first kappa shape index (κ1) is 17.8. The van der Waals surface area contributed by atoms with Crippen molar-refractivity contribution in [3.63, 3.8) is 0 Å². The molecule has 142 valence electrons. The number of ether oxygens (including phenoxy) is 3. The number of hydrogen-bond donors (Lipinski definition) is 1. The van der Waals surface area contributed by atoms with E-state index in [2.05, 4.69) is 10.2 Å². The summed E-state index contributed by atoms with van der Waals surface area (Å²) < 4.78 is 17.0. The van der Waals surface area contributed by atoms with E-state index in [1.54, 1.807) is 0 Å². The molecule has 6 heteroatoms. The van der Waals surface area contributed by atoms with Crippen molar-refractivity contribution in [2.45, 2.75) is 12.1 Å². The summed E-state index contributed by atoms with van der Waals surface area (Å²) >= 11 is 0. The van der Waals surface area contributed by atoms with Gasteiger partial charge in [-0.3, -0.25) is 9.69 Å². The van der Waals surface area contributed by atoms with Crippen molar-refractivity contribution in [2.75, 3.05) is 39.5 Å². The Morgan fingerprint density at radius 2 is 1.74 bits per heavy atom. The second-order valence-corrected chi connectivity index (χ2v) is 6.75. The molecule has 0 spiro atoms. The van der Waals surface area contributed by atoms with Crippen LogP contribution in [0, 0.1) is 0 Å². The van der Waals surface area contributed by atoms with Crippen LogP contribution < -0.4 is 14.8 Å². The number of nitrogens with zero attached hydrogens (tertiary/aromatic N) is 1. The third-order valence-electron chi connectivity index (χ3n) is 4.86. The van der Waals surface area contributed by atoms with Crippen LogP contribution >= 0.6 is 0 Å². The van der Waals surface area contributed by atoms with Gasteiger partial charge in [0.25, 0.3) is 5.91 Å². The molecule has 27 heavy (non-hydrogen) atoms. The van der Waals surface area contributed by atoms with Crippen molar-refractivity contribution in [2.24, 2.45) is 0 Å². The smallest absolute Gasteiger partial charge is 0.265 e. The molecule has 1 amide bonds. The van der Waals surface area contributed by atoms with E-state index in [9.17, 15) is 4.79 Å². The van der Waals surface area contributed by atoms with Crippen LogP contribution in [-0.4, -0.2) is 56.4 Å². The van der Waals surface area contributed by atoms with Gasteiger partial charge in [0, 0.05) is 19.6 Å². The Kier molecular flexibility index (Phi) is 5.55. The summed E-state index contributed by atoms with van der Waals surface area (Å²) in [5, 5.41) is 3.15. The Labute approximate surface area is 159 Å². The number of para-hydroxylation sites is 2. The van der Waals surface area contributed by atoms with Crippen molar-refractivity contribution >= 4 is 5.91 Å². The van der Waals surface area contributed by atoms with Gasteiger partial charge in [0.2, 0.25) is 6.10 Å². The second kappa shape index (κ2) is 8.41. The van der Waals surface area contributed by atoms with E-state index in [0.717, 1.165) is 38.4 Å². The van der Waals surface area contributed by atoms with E-state index in [0.29, 0.717) is 11.5 Å². The van der Waals surface area contributed by atoms with Crippen LogP contribution in [0.3, 0.4) is 0 Å². The lowest BCUT2D eigenvalue weighted by atomic mass is 10.1. The minimum Gasteiger partial charge on any atom is -0.485 e. The molecule has 2 aliphatic heterocycles. The standard InChI is InChI=1S/C21H24N2O4/c24-21(20-15-26-18-8-4-5-9-19(18)27-20)22-17(16-6-2-1-3-7-16)14-23-10-12-25-13-11-23/h1-9,17,20H,10-15H2,(H,22,24). The highest BCUT2D eigenvalue weighted by Crippen LogP contribution is 2.31. The number of fused-ring (bicyclic) bond motifs is 1. The average Bonchev–Trinajstić information content (AvgIpc) is 2.74. The molecule has 2 aromatic carbocycles. The molecule has 0 bridgehead atoms. The number of benzene rings is 2. The van der Waals surface area contributed by atoms with E-state index < -0.39 is 6.10 Å². The monoisotopic (exact) mass is 368 g/mol. The molecule has 4 rings (SSSR count). The summed E-state index contributed by atoms with van der Waals surface area (Å²) in [7, 11) is 0. The third-order valence-corrected chi connectivity index (χ3v) is 4.86. The fourth-order valence-corrected chi connectivity index (χ4v) is 3.38. The molecule has 0 aliphatic carbocycles. The molecule has 0 radical (unpaired) electrons. The Morgan fingerprint density at radius 3 is 2.52 bits per heavy atom. The van der Waals surface area contributed by atoms with Crippen LogP contribution in [0.2, 0.25) is 0 Å². The van der Waals surface area contributed by atoms with Gasteiger partial charge in [0.05, 0.1) is 19.3 Å². The Bertz CT molecular complexity index is 762. The van der Waals surface area contributed by atoms with Crippen LogP contribution in [0.25, 0.3) is 0 Å². The lowest BCUT2D eigenvalue weighted by Gasteiger charge is -2.32. The first-order valence-electron chi connectivity index (χ1n) is 9.33. The molecule has 0 saturated carbocycles. The second-order valence-electron chi connectivity index (χ2n) is 6.75. The fourth-order valence-electron chi connectivity index (χ4n) is 3.38. The van der Waals surface area contributed by atoms with Crippen molar-refractivity contribution in [3.8, 4) is 11.5 Å². The predicted octanol–water partition coefficient (Wildman–Crippen LogP) is 2.02. The summed E-state index contributed by atoms with van der Waals surface area (Å²) in [5.74, 6) is 1.12. The number of morpholine rings is 1. The number of nitrogens with one attached hydrogen (secondary N) is 1. The molecule has 1 fully saturated rings. The van der Waals surface area contributed by atoms with Crippen LogP contribution in [0.4, 0.5) is 0 Å². The third kappa shape index (κ3) is 4.40. The zero-order valence-corrected chi connectivity index (χ0v) is 15.2. The van der Waals surface area contributed by atoms with Gasteiger partial charge in [-0.1, -0.05) is 42.5 Å². The van der Waals surface area contributed by atoms with E-state index in [4.69, 9.17) is 14.2 Å². The highest BCUT2D eigenvalue weighted by molar-refractivity contribution is 5.82. The first-order chi connectivity index (χ1) is 13.3. The number of carbonyl (C=O) groups excluding carboxylic acids is 1. The van der Waals surface area contributed by atoms with Gasteiger partial charge in [0.1, 0.15) is 6.61 Å². The van der Waals surface area contributed by atoms with Gasteiger partial charge in [-0.2, -0.15) is 0 Å². The van der Waals surface area contributed by atoms with Gasteiger partial charge in [-0.15, -0.1) is 0 Å². The van der Waals surface area contributed by atoms with E-state index in [1.165, 1.54) is 0 Å². The molecule has 2 unspecified atom stereocenters. The van der Waals surface area contributed by atoms with E-state index >= 15 is 0 Å². The van der Waals surface area contributed by atoms with Gasteiger partial charge < -0.3 is 19.5 Å². The molecule has 2 aliphatic rings. The number of hydrogen-bond acceptors (Lipinski definition) is 5. The zero-order chi connectivity index (χ0) is 18.5. The quantitative estimate of drug-likeness (QED) is 0.875. The predicted molar refractivity (Wildman–Crippen MR) is 101 cm³/mol. The maximum Gasteiger partial charge on any atom is 0.265 e. The summed E-state index contributed by atoms with van der Waals surface area (Å²) in [6.45, 7) is 4.15. The lowest BCUT2D eigenvalue weighted by Crippen LogP contribution is -2.48. The minimum absolute atomic E-state index is 0.113. The van der Waals surface area contributed by atoms with E-state index in [-0.39, 0.29) is 18.6 Å². The molecule has 2 atom stereocenters. The Hall–Kier alpha value is -2.57. The maximum absolute atomic E-state index is 12.9. The van der Waals surface area contributed by atoms with Crippen LogP contribution in [-0.2, 0) is 9.53 Å². The zero-order valence-electron chi connectivity index (χ0n) is 15.2. The van der Waals surface area contributed by atoms with Crippen molar-refractivity contribution in [3.05, 3.63) is 60.2 Å². The average molecular weight is 368 g/mol. The molecular formula is C21H24N2O4. The summed E-state index contributed by atoms with van der Waals surface area (Å²) in [4.78, 5) is 15.2. The highest BCUT2D eigenvalue weighted by Gasteiger charge is 2.30. The largest absolute Gasteiger partial charge is 0.485 e. The van der Waals surface area contributed by atoms with Crippen LogP contribution in [0.15, 0.2) is 54.6 Å². The summed E-state index contributed by atoms with van der Waals surface area (Å²) in [5.41, 5.74) is 1.08. The topological polar surface area (TPSA) is 60.0 Å². The fraction of sp³-hybridized carbons (Fsp3) is 0.381. The van der Waals surface area contributed by atoms with Gasteiger partial charge in [0.15, 0.2) is 11.5 Å². The maximum atomic E-state index is 12.9. The Balaban J connectivity index is 1.45. The molecule has 1 N–H and O–H groups in total. The molecule has 1 saturated heterocycles. The molecule has 6 nitrogen and oxygen atoms in total. The molecule has 2 aromatic rings. The normalized spacial score (nSPS) is 20.7. The van der Waals surface area contributed by atoms with Crippen LogP contribution in [0.1, 0.15) is 11.6 Å². The molecule has 0 aromatic heterocycles. The van der Waals surface area contributed by atoms with Crippen LogP contribution in [0.5, 0.6) is 11.5 Å². The minimum atomic E-state index is -0.657. The van der Waals surface area contributed by atoms with Gasteiger partial charge in [-0.25, -0.2) is 0 Å². The first-order valence-corrected chi connectivity index (χ1v) is 9.33.